The van der Waals surface area contributed by atoms with Gasteiger partial charge in [0.2, 0.25) is 0 Å². The number of sulfone groups is 1. The third kappa shape index (κ3) is 3.39. The fraction of sp³-hybridized carbons (Fsp3) is 0.200. The zero-order valence-electron chi connectivity index (χ0n) is 11.1. The molecule has 0 heterocycles. The molecule has 3 nitrogen and oxygen atoms in total. The zero-order valence-corrected chi connectivity index (χ0v) is 12.7. The Morgan fingerprint density at radius 3 is 2.30 bits per heavy atom. The molecule has 0 unspecified atom stereocenters. The van der Waals surface area contributed by atoms with Gasteiger partial charge in [0, 0.05) is 11.6 Å². The van der Waals surface area contributed by atoms with Gasteiger partial charge >= 0.3 is 0 Å². The van der Waals surface area contributed by atoms with E-state index < -0.39 is 9.84 Å². The fourth-order valence-corrected chi connectivity index (χ4v) is 3.60. The third-order valence-electron chi connectivity index (χ3n) is 3.08. The summed E-state index contributed by atoms with van der Waals surface area (Å²) in [4.78, 5) is 0.307. The van der Waals surface area contributed by atoms with Gasteiger partial charge in [0.05, 0.1) is 10.6 Å². The molecule has 0 saturated heterocycles. The molecule has 2 N–H and O–H groups in total. The normalized spacial score (nSPS) is 11.6. The van der Waals surface area contributed by atoms with Crippen molar-refractivity contribution in [2.24, 2.45) is 5.73 Å². The summed E-state index contributed by atoms with van der Waals surface area (Å²) in [6.07, 6.45) is 0. The van der Waals surface area contributed by atoms with Crippen molar-refractivity contribution < 1.29 is 8.42 Å². The number of benzene rings is 2. The number of hydrogen-bond donors (Lipinski definition) is 1. The molecule has 0 aliphatic rings. The summed E-state index contributed by atoms with van der Waals surface area (Å²) in [6, 6.07) is 12.0. The van der Waals surface area contributed by atoms with E-state index in [9.17, 15) is 8.42 Å². The average Bonchev–Trinajstić information content (AvgIpc) is 2.41. The lowest BCUT2D eigenvalue weighted by Gasteiger charge is -2.08. The highest BCUT2D eigenvalue weighted by Crippen LogP contribution is 2.23. The van der Waals surface area contributed by atoms with E-state index in [4.69, 9.17) is 17.3 Å². The first-order chi connectivity index (χ1) is 9.42. The van der Waals surface area contributed by atoms with Gasteiger partial charge in [-0.1, -0.05) is 41.4 Å². The van der Waals surface area contributed by atoms with Crippen molar-refractivity contribution in [1.29, 1.82) is 0 Å². The Balaban J connectivity index is 2.31. The van der Waals surface area contributed by atoms with Crippen LogP contribution in [0.2, 0.25) is 5.02 Å². The number of halogens is 1. The molecule has 0 bridgehead atoms. The third-order valence-corrected chi connectivity index (χ3v) is 5.11. The Kier molecular flexibility index (Phi) is 4.48. The molecule has 0 atom stereocenters. The van der Waals surface area contributed by atoms with E-state index in [2.05, 4.69) is 0 Å². The highest BCUT2D eigenvalue weighted by atomic mass is 35.5. The summed E-state index contributed by atoms with van der Waals surface area (Å²) in [5.74, 6) is -0.111. The van der Waals surface area contributed by atoms with Crippen molar-refractivity contribution >= 4 is 21.4 Å². The van der Waals surface area contributed by atoms with E-state index in [1.807, 2.05) is 6.92 Å². The van der Waals surface area contributed by atoms with Crippen LogP contribution in [0.25, 0.3) is 0 Å². The molecule has 0 amide bonds. The fourth-order valence-electron chi connectivity index (χ4n) is 1.87. The second-order valence-electron chi connectivity index (χ2n) is 4.70. The highest BCUT2D eigenvalue weighted by molar-refractivity contribution is 7.90. The molecular formula is C15H16ClNO2S. The first kappa shape index (κ1) is 15.0. The second-order valence-corrected chi connectivity index (χ2v) is 7.10. The molecule has 0 saturated carbocycles. The maximum atomic E-state index is 12.3. The maximum absolute atomic E-state index is 12.3. The van der Waals surface area contributed by atoms with E-state index in [1.54, 1.807) is 42.5 Å². The molecule has 106 valence electrons. The van der Waals surface area contributed by atoms with Crippen LogP contribution >= 0.6 is 11.6 Å². The van der Waals surface area contributed by atoms with Gasteiger partial charge in [-0.05, 0) is 36.2 Å². The van der Waals surface area contributed by atoms with Crippen LogP contribution in [0.4, 0.5) is 0 Å². The zero-order chi connectivity index (χ0) is 14.8. The summed E-state index contributed by atoms with van der Waals surface area (Å²) < 4.78 is 24.7. The molecule has 0 fully saturated rings. The number of nitrogens with two attached hydrogens (primary N) is 1. The van der Waals surface area contributed by atoms with Crippen molar-refractivity contribution in [1.82, 2.24) is 0 Å². The molecule has 2 aromatic rings. The Labute approximate surface area is 124 Å². The van der Waals surface area contributed by atoms with Gasteiger partial charge in [0.15, 0.2) is 9.84 Å². The Hall–Kier alpha value is -1.36. The van der Waals surface area contributed by atoms with Crippen LogP contribution < -0.4 is 5.73 Å². The highest BCUT2D eigenvalue weighted by Gasteiger charge is 2.17. The van der Waals surface area contributed by atoms with Crippen molar-refractivity contribution in [3.8, 4) is 0 Å². The van der Waals surface area contributed by atoms with Crippen LogP contribution in [0, 0.1) is 6.92 Å². The lowest BCUT2D eigenvalue weighted by atomic mass is 10.1. The first-order valence-corrected chi connectivity index (χ1v) is 8.22. The van der Waals surface area contributed by atoms with Crippen LogP contribution in [0.15, 0.2) is 47.4 Å². The summed E-state index contributed by atoms with van der Waals surface area (Å²) in [6.45, 7) is 2.30. The van der Waals surface area contributed by atoms with E-state index in [-0.39, 0.29) is 5.75 Å². The van der Waals surface area contributed by atoms with Crippen LogP contribution in [-0.4, -0.2) is 8.42 Å². The van der Waals surface area contributed by atoms with Gasteiger partial charge in [0.1, 0.15) is 0 Å². The predicted molar refractivity (Wildman–Crippen MR) is 81.4 cm³/mol. The molecular weight excluding hydrogens is 294 g/mol. The van der Waals surface area contributed by atoms with Gasteiger partial charge in [-0.25, -0.2) is 8.42 Å². The predicted octanol–water partition coefficient (Wildman–Crippen LogP) is 3.08. The standard InChI is InChI=1S/C15H16ClNO2S/c1-11-2-6-14(7-3-11)20(18,19)10-13-5-4-12(9-17)8-15(13)16/h2-8H,9-10,17H2,1H3. The van der Waals surface area contributed by atoms with Gasteiger partial charge in [0.25, 0.3) is 0 Å². The minimum atomic E-state index is -3.39. The molecule has 2 aromatic carbocycles. The SMILES string of the molecule is Cc1ccc(S(=O)(=O)Cc2ccc(CN)cc2Cl)cc1. The number of aryl methyl sites for hydroxylation is 1. The van der Waals surface area contributed by atoms with Crippen LogP contribution in [0.1, 0.15) is 16.7 Å². The van der Waals surface area contributed by atoms with Crippen LogP contribution in [0.3, 0.4) is 0 Å². The van der Waals surface area contributed by atoms with Crippen LogP contribution in [0.5, 0.6) is 0 Å². The summed E-state index contributed by atoms with van der Waals surface area (Å²) in [7, 11) is -3.39. The summed E-state index contributed by atoms with van der Waals surface area (Å²) in [5.41, 5.74) is 8.02. The molecule has 0 spiro atoms. The first-order valence-electron chi connectivity index (χ1n) is 6.19. The quantitative estimate of drug-likeness (QED) is 0.944. The van der Waals surface area contributed by atoms with Gasteiger partial charge in [-0.15, -0.1) is 0 Å². The van der Waals surface area contributed by atoms with Gasteiger partial charge < -0.3 is 5.73 Å². The molecule has 0 aliphatic carbocycles. The molecule has 5 heteroatoms. The van der Waals surface area contributed by atoms with E-state index in [0.29, 0.717) is 22.0 Å². The van der Waals surface area contributed by atoms with Gasteiger partial charge in [-0.3, -0.25) is 0 Å². The van der Waals surface area contributed by atoms with E-state index in [0.717, 1.165) is 11.1 Å². The van der Waals surface area contributed by atoms with E-state index in [1.165, 1.54) is 0 Å². The topological polar surface area (TPSA) is 60.2 Å². The molecule has 0 aliphatic heterocycles. The Morgan fingerprint density at radius 1 is 1.10 bits per heavy atom. The van der Waals surface area contributed by atoms with Gasteiger partial charge in [-0.2, -0.15) is 0 Å². The molecule has 20 heavy (non-hydrogen) atoms. The largest absolute Gasteiger partial charge is 0.326 e. The number of hydrogen-bond acceptors (Lipinski definition) is 3. The lowest BCUT2D eigenvalue weighted by molar-refractivity contribution is 0.595. The van der Waals surface area contributed by atoms with Crippen molar-refractivity contribution in [3.63, 3.8) is 0 Å². The van der Waals surface area contributed by atoms with Crippen LogP contribution in [-0.2, 0) is 22.1 Å². The monoisotopic (exact) mass is 309 g/mol. The van der Waals surface area contributed by atoms with E-state index >= 15 is 0 Å². The molecule has 0 radical (unpaired) electrons. The smallest absolute Gasteiger partial charge is 0.182 e. The maximum Gasteiger partial charge on any atom is 0.182 e. The minimum Gasteiger partial charge on any atom is -0.326 e. The minimum absolute atomic E-state index is 0.111. The van der Waals surface area contributed by atoms with Crippen molar-refractivity contribution in [2.45, 2.75) is 24.1 Å². The lowest BCUT2D eigenvalue weighted by Crippen LogP contribution is -2.06. The molecule has 2 rings (SSSR count). The molecule has 0 aromatic heterocycles. The Bertz CT molecular complexity index is 709. The number of rotatable bonds is 4. The Morgan fingerprint density at radius 2 is 1.75 bits per heavy atom. The summed E-state index contributed by atoms with van der Waals surface area (Å²) in [5, 5.41) is 0.434. The van der Waals surface area contributed by atoms with Crippen molar-refractivity contribution in [3.05, 3.63) is 64.2 Å². The average molecular weight is 310 g/mol. The second kappa shape index (κ2) is 5.95. The summed E-state index contributed by atoms with van der Waals surface area (Å²) >= 11 is 6.11. The van der Waals surface area contributed by atoms with Crippen molar-refractivity contribution in [2.75, 3.05) is 0 Å².